The van der Waals surface area contributed by atoms with Crippen LogP contribution in [-0.2, 0) is 4.79 Å². The molecule has 0 saturated heterocycles. The van der Waals surface area contributed by atoms with Crippen LogP contribution in [0.15, 0.2) is 18.2 Å². The minimum Gasteiger partial charge on any atom is -0.508 e. The van der Waals surface area contributed by atoms with E-state index in [1.54, 1.807) is 6.07 Å². The second kappa shape index (κ2) is 6.10. The summed E-state index contributed by atoms with van der Waals surface area (Å²) in [6.45, 7) is 2.54. The second-order valence-electron chi connectivity index (χ2n) is 3.99. The van der Waals surface area contributed by atoms with Crippen molar-refractivity contribution in [3.63, 3.8) is 0 Å². The van der Waals surface area contributed by atoms with Crippen molar-refractivity contribution in [2.24, 2.45) is 5.73 Å². The molecule has 5 nitrogen and oxygen atoms in total. The number of carbonyl (C=O) groups is 1. The third-order valence-electron chi connectivity index (χ3n) is 2.53. The number of aromatic hydroxyl groups is 2. The summed E-state index contributed by atoms with van der Waals surface area (Å²) in [6, 6.07) is 4.44. The predicted octanol–water partition coefficient (Wildman–Crippen LogP) is 1.01. The molecule has 0 aliphatic heterocycles. The molecule has 0 spiro atoms. The third-order valence-corrected chi connectivity index (χ3v) is 2.53. The summed E-state index contributed by atoms with van der Waals surface area (Å²) in [7, 11) is 0. The van der Waals surface area contributed by atoms with Gasteiger partial charge in [-0.05, 0) is 26.0 Å². The molecular weight excluding hydrogens is 220 g/mol. The van der Waals surface area contributed by atoms with E-state index in [1.807, 2.05) is 6.92 Å². The molecule has 0 bridgehead atoms. The van der Waals surface area contributed by atoms with Crippen LogP contribution in [0.5, 0.6) is 11.5 Å². The molecule has 1 atom stereocenters. The number of phenolic OH excluding ortho intramolecular Hbond substituents is 2. The van der Waals surface area contributed by atoms with Gasteiger partial charge in [0.15, 0.2) is 0 Å². The van der Waals surface area contributed by atoms with Gasteiger partial charge >= 0.3 is 0 Å². The summed E-state index contributed by atoms with van der Waals surface area (Å²) in [5.41, 5.74) is 5.74. The number of hydrogen-bond acceptors (Lipinski definition) is 4. The zero-order valence-electron chi connectivity index (χ0n) is 9.81. The first kappa shape index (κ1) is 13.3. The fraction of sp³-hybridized carbons (Fsp3) is 0.417. The van der Waals surface area contributed by atoms with Crippen LogP contribution in [0.1, 0.15) is 31.4 Å². The molecule has 5 heteroatoms. The van der Waals surface area contributed by atoms with Gasteiger partial charge in [-0.25, -0.2) is 0 Å². The van der Waals surface area contributed by atoms with Gasteiger partial charge in [-0.15, -0.1) is 0 Å². The Morgan fingerprint density at radius 2 is 2.18 bits per heavy atom. The van der Waals surface area contributed by atoms with Crippen LogP contribution < -0.4 is 11.1 Å². The highest BCUT2D eigenvalue weighted by molar-refractivity contribution is 5.73. The number of nitrogens with one attached hydrogen (secondary N) is 1. The van der Waals surface area contributed by atoms with Crippen LogP contribution in [0.25, 0.3) is 0 Å². The van der Waals surface area contributed by atoms with E-state index in [4.69, 9.17) is 10.8 Å². The number of carbonyl (C=O) groups excluding carboxylic acids is 1. The van der Waals surface area contributed by atoms with E-state index in [0.29, 0.717) is 24.9 Å². The molecule has 1 unspecified atom stereocenters. The van der Waals surface area contributed by atoms with Crippen LogP contribution >= 0.6 is 0 Å². The van der Waals surface area contributed by atoms with Gasteiger partial charge in [-0.1, -0.05) is 6.07 Å². The lowest BCUT2D eigenvalue weighted by atomic mass is 10.1. The van der Waals surface area contributed by atoms with Gasteiger partial charge in [-0.3, -0.25) is 4.79 Å². The van der Waals surface area contributed by atoms with Crippen molar-refractivity contribution in [1.82, 2.24) is 5.32 Å². The quantitative estimate of drug-likeness (QED) is 0.556. The molecule has 0 aliphatic carbocycles. The van der Waals surface area contributed by atoms with Crippen molar-refractivity contribution in [2.45, 2.75) is 25.8 Å². The van der Waals surface area contributed by atoms with Crippen molar-refractivity contribution in [3.05, 3.63) is 23.8 Å². The van der Waals surface area contributed by atoms with Crippen LogP contribution in [0, 0.1) is 0 Å². The van der Waals surface area contributed by atoms with Crippen LogP contribution in [0.2, 0.25) is 0 Å². The Balaban J connectivity index is 2.46. The molecule has 0 saturated carbocycles. The van der Waals surface area contributed by atoms with Gasteiger partial charge in [-0.2, -0.15) is 0 Å². The molecule has 0 radical (unpaired) electrons. The Bertz CT molecular complexity index is 393. The van der Waals surface area contributed by atoms with Gasteiger partial charge in [0.1, 0.15) is 11.5 Å². The predicted molar refractivity (Wildman–Crippen MR) is 64.6 cm³/mol. The number of nitrogens with two attached hydrogens (primary N) is 1. The minimum absolute atomic E-state index is 0.0344. The molecule has 1 amide bonds. The average molecular weight is 238 g/mol. The molecule has 0 aromatic heterocycles. The van der Waals surface area contributed by atoms with Gasteiger partial charge in [0.2, 0.25) is 5.91 Å². The third kappa shape index (κ3) is 4.32. The standard InChI is InChI=1S/C12H18N2O3/c1-8(14-6-2-3-12(13)17)10-5-4-9(15)7-11(10)16/h4-5,7-8,14-16H,2-3,6H2,1H3,(H2,13,17). The van der Waals surface area contributed by atoms with Gasteiger partial charge in [0.25, 0.3) is 0 Å². The maximum Gasteiger partial charge on any atom is 0.217 e. The van der Waals surface area contributed by atoms with Crippen molar-refractivity contribution >= 4 is 5.91 Å². The average Bonchev–Trinajstić information content (AvgIpc) is 2.23. The summed E-state index contributed by atoms with van der Waals surface area (Å²) in [4.78, 5) is 10.5. The molecule has 5 N–H and O–H groups in total. The molecule has 17 heavy (non-hydrogen) atoms. The van der Waals surface area contributed by atoms with E-state index in [1.165, 1.54) is 12.1 Å². The van der Waals surface area contributed by atoms with Gasteiger partial charge < -0.3 is 21.3 Å². The van der Waals surface area contributed by atoms with Crippen molar-refractivity contribution < 1.29 is 15.0 Å². The summed E-state index contributed by atoms with van der Waals surface area (Å²) in [5, 5.41) is 22.0. The SMILES string of the molecule is CC(NCCCC(N)=O)c1ccc(O)cc1O. The Morgan fingerprint density at radius 1 is 1.47 bits per heavy atom. The number of amides is 1. The molecule has 1 aromatic rings. The van der Waals surface area contributed by atoms with Crippen LogP contribution in [0.3, 0.4) is 0 Å². The summed E-state index contributed by atoms with van der Waals surface area (Å²) < 4.78 is 0. The fourth-order valence-corrected chi connectivity index (χ4v) is 1.59. The first-order chi connectivity index (χ1) is 8.00. The molecule has 0 aliphatic rings. The molecule has 0 fully saturated rings. The van der Waals surface area contributed by atoms with Gasteiger partial charge in [0.05, 0.1) is 0 Å². The van der Waals surface area contributed by atoms with Crippen molar-refractivity contribution in [2.75, 3.05) is 6.54 Å². The maximum absolute atomic E-state index is 10.5. The number of phenols is 2. The normalized spacial score (nSPS) is 12.3. The summed E-state index contributed by atoms with van der Waals surface area (Å²) >= 11 is 0. The van der Waals surface area contributed by atoms with E-state index < -0.39 is 0 Å². The molecule has 94 valence electrons. The van der Waals surface area contributed by atoms with Crippen molar-refractivity contribution in [1.29, 1.82) is 0 Å². The Hall–Kier alpha value is -1.75. The maximum atomic E-state index is 10.5. The Labute approximate surface area is 100 Å². The smallest absolute Gasteiger partial charge is 0.217 e. The van der Waals surface area contributed by atoms with E-state index >= 15 is 0 Å². The second-order valence-corrected chi connectivity index (χ2v) is 3.99. The zero-order chi connectivity index (χ0) is 12.8. The van der Waals surface area contributed by atoms with Crippen LogP contribution in [-0.4, -0.2) is 22.7 Å². The largest absolute Gasteiger partial charge is 0.508 e. The minimum atomic E-state index is -0.313. The number of hydrogen-bond donors (Lipinski definition) is 4. The summed E-state index contributed by atoms with van der Waals surface area (Å²) in [5.74, 6) is -0.223. The highest BCUT2D eigenvalue weighted by atomic mass is 16.3. The number of primary amides is 1. The number of rotatable bonds is 6. The Kier molecular flexibility index (Phi) is 4.78. The Morgan fingerprint density at radius 3 is 2.76 bits per heavy atom. The highest BCUT2D eigenvalue weighted by Gasteiger charge is 2.10. The molecule has 1 aromatic carbocycles. The molecule has 0 heterocycles. The topological polar surface area (TPSA) is 95.6 Å². The molecule has 1 rings (SSSR count). The van der Waals surface area contributed by atoms with Crippen molar-refractivity contribution in [3.8, 4) is 11.5 Å². The van der Waals surface area contributed by atoms with Crippen LogP contribution in [0.4, 0.5) is 0 Å². The first-order valence-electron chi connectivity index (χ1n) is 5.54. The monoisotopic (exact) mass is 238 g/mol. The lowest BCUT2D eigenvalue weighted by Crippen LogP contribution is -2.21. The highest BCUT2D eigenvalue weighted by Crippen LogP contribution is 2.27. The lowest BCUT2D eigenvalue weighted by Gasteiger charge is -2.15. The molecular formula is C12H18N2O3. The lowest BCUT2D eigenvalue weighted by molar-refractivity contribution is -0.118. The van der Waals surface area contributed by atoms with E-state index in [0.717, 1.165) is 0 Å². The van der Waals surface area contributed by atoms with Gasteiger partial charge in [0, 0.05) is 24.1 Å². The summed E-state index contributed by atoms with van der Waals surface area (Å²) in [6.07, 6.45) is 1.01. The van der Waals surface area contributed by atoms with E-state index in [9.17, 15) is 9.90 Å². The van der Waals surface area contributed by atoms with E-state index in [-0.39, 0.29) is 23.4 Å². The first-order valence-corrected chi connectivity index (χ1v) is 5.54. The number of benzene rings is 1. The van der Waals surface area contributed by atoms with E-state index in [2.05, 4.69) is 5.32 Å². The zero-order valence-corrected chi connectivity index (χ0v) is 9.81. The fourth-order valence-electron chi connectivity index (χ4n) is 1.59.